The van der Waals surface area contributed by atoms with Gasteiger partial charge in [-0.1, -0.05) is 24.3 Å². The van der Waals surface area contributed by atoms with E-state index in [1.54, 1.807) is 36.1 Å². The molecule has 4 rings (SSSR count). The standard InChI is InChI=1S/C20H18FN3O2/c1-13-22-18-8-3-2-6-15(18)20(26)24(13)12-19(25)23-10-9-14-5-4-7-17(21)16(14)11-23/h2-8H,9-12H2,1H3. The highest BCUT2D eigenvalue weighted by atomic mass is 19.1. The van der Waals surface area contributed by atoms with E-state index in [2.05, 4.69) is 4.98 Å². The number of hydrogen-bond acceptors (Lipinski definition) is 3. The van der Waals surface area contributed by atoms with E-state index < -0.39 is 0 Å². The fourth-order valence-corrected chi connectivity index (χ4v) is 3.45. The molecule has 132 valence electrons. The molecule has 0 atom stereocenters. The van der Waals surface area contributed by atoms with Crippen molar-refractivity contribution in [1.29, 1.82) is 0 Å². The molecule has 1 aliphatic heterocycles. The summed E-state index contributed by atoms with van der Waals surface area (Å²) >= 11 is 0. The van der Waals surface area contributed by atoms with E-state index in [0.29, 0.717) is 35.3 Å². The van der Waals surface area contributed by atoms with Crippen molar-refractivity contribution in [3.8, 4) is 0 Å². The Balaban J connectivity index is 1.62. The summed E-state index contributed by atoms with van der Waals surface area (Å²) in [4.78, 5) is 31.5. The van der Waals surface area contributed by atoms with E-state index in [1.807, 2.05) is 12.1 Å². The highest BCUT2D eigenvalue weighted by Crippen LogP contribution is 2.22. The van der Waals surface area contributed by atoms with Crippen LogP contribution in [0.2, 0.25) is 0 Å². The number of benzene rings is 2. The maximum Gasteiger partial charge on any atom is 0.261 e. The number of aryl methyl sites for hydroxylation is 1. The van der Waals surface area contributed by atoms with Gasteiger partial charge in [-0.05, 0) is 37.1 Å². The Labute approximate surface area is 149 Å². The molecule has 0 aliphatic carbocycles. The van der Waals surface area contributed by atoms with Crippen molar-refractivity contribution in [2.24, 2.45) is 0 Å². The van der Waals surface area contributed by atoms with E-state index in [4.69, 9.17) is 0 Å². The number of amides is 1. The lowest BCUT2D eigenvalue weighted by Crippen LogP contribution is -2.40. The first-order valence-electron chi connectivity index (χ1n) is 8.55. The maximum atomic E-state index is 14.0. The smallest absolute Gasteiger partial charge is 0.261 e. The number of para-hydroxylation sites is 1. The summed E-state index contributed by atoms with van der Waals surface area (Å²) < 4.78 is 15.4. The zero-order valence-corrected chi connectivity index (χ0v) is 14.4. The number of hydrogen-bond donors (Lipinski definition) is 0. The molecule has 0 saturated heterocycles. The van der Waals surface area contributed by atoms with Gasteiger partial charge >= 0.3 is 0 Å². The zero-order valence-electron chi connectivity index (χ0n) is 14.4. The van der Waals surface area contributed by atoms with Gasteiger partial charge in [0.25, 0.3) is 5.56 Å². The molecule has 1 aliphatic rings. The van der Waals surface area contributed by atoms with Gasteiger partial charge in [0.15, 0.2) is 0 Å². The summed E-state index contributed by atoms with van der Waals surface area (Å²) in [6.45, 7) is 2.37. The number of carbonyl (C=O) groups is 1. The Hall–Kier alpha value is -3.02. The van der Waals surface area contributed by atoms with Gasteiger partial charge < -0.3 is 4.90 Å². The minimum atomic E-state index is -0.291. The molecule has 5 nitrogen and oxygen atoms in total. The maximum absolute atomic E-state index is 14.0. The Bertz CT molecular complexity index is 1070. The predicted octanol–water partition coefficient (Wildman–Crippen LogP) is 2.43. The van der Waals surface area contributed by atoms with Crippen LogP contribution in [0.25, 0.3) is 10.9 Å². The van der Waals surface area contributed by atoms with Crippen LogP contribution in [0.1, 0.15) is 17.0 Å². The van der Waals surface area contributed by atoms with Gasteiger partial charge in [-0.3, -0.25) is 14.2 Å². The third-order valence-electron chi connectivity index (χ3n) is 4.91. The average Bonchev–Trinajstić information content (AvgIpc) is 2.65. The molecule has 26 heavy (non-hydrogen) atoms. The van der Waals surface area contributed by atoms with Crippen LogP contribution >= 0.6 is 0 Å². The van der Waals surface area contributed by atoms with Crippen LogP contribution in [0, 0.1) is 12.7 Å². The first-order chi connectivity index (χ1) is 12.5. The number of halogens is 1. The molecule has 3 aromatic rings. The van der Waals surface area contributed by atoms with Crippen molar-refractivity contribution in [3.63, 3.8) is 0 Å². The van der Waals surface area contributed by atoms with Gasteiger partial charge in [0, 0.05) is 18.7 Å². The van der Waals surface area contributed by atoms with Crippen LogP contribution in [-0.4, -0.2) is 26.9 Å². The Morgan fingerprint density at radius 2 is 2.00 bits per heavy atom. The number of rotatable bonds is 2. The van der Waals surface area contributed by atoms with Crippen LogP contribution in [0.15, 0.2) is 47.3 Å². The molecule has 0 unspecified atom stereocenters. The molecule has 0 spiro atoms. The normalized spacial score (nSPS) is 13.7. The second-order valence-electron chi connectivity index (χ2n) is 6.51. The van der Waals surface area contributed by atoms with Crippen LogP contribution in [0.3, 0.4) is 0 Å². The highest BCUT2D eigenvalue weighted by molar-refractivity contribution is 5.79. The van der Waals surface area contributed by atoms with Crippen LogP contribution in [0.5, 0.6) is 0 Å². The molecule has 0 fully saturated rings. The Morgan fingerprint density at radius 3 is 2.85 bits per heavy atom. The van der Waals surface area contributed by atoms with Crippen LogP contribution in [0.4, 0.5) is 4.39 Å². The van der Waals surface area contributed by atoms with E-state index >= 15 is 0 Å². The third-order valence-corrected chi connectivity index (χ3v) is 4.91. The number of aromatic nitrogens is 2. The van der Waals surface area contributed by atoms with E-state index in [9.17, 15) is 14.0 Å². The second kappa shape index (κ2) is 6.37. The first-order valence-corrected chi connectivity index (χ1v) is 8.55. The van der Waals surface area contributed by atoms with Gasteiger partial charge in [-0.15, -0.1) is 0 Å². The summed E-state index contributed by atoms with van der Waals surface area (Å²) in [6.07, 6.45) is 0.614. The minimum absolute atomic E-state index is 0.0910. The Morgan fingerprint density at radius 1 is 1.19 bits per heavy atom. The largest absolute Gasteiger partial charge is 0.336 e. The summed E-state index contributed by atoms with van der Waals surface area (Å²) in [5.74, 6) is -0.00690. The first kappa shape index (κ1) is 16.4. The summed E-state index contributed by atoms with van der Waals surface area (Å²) in [7, 11) is 0. The van der Waals surface area contributed by atoms with Crippen molar-refractivity contribution in [2.45, 2.75) is 26.4 Å². The van der Waals surface area contributed by atoms with Crippen molar-refractivity contribution in [1.82, 2.24) is 14.5 Å². The lowest BCUT2D eigenvalue weighted by molar-refractivity contribution is -0.132. The quantitative estimate of drug-likeness (QED) is 0.713. The number of carbonyl (C=O) groups excluding carboxylic acids is 1. The van der Waals surface area contributed by atoms with Crippen LogP contribution in [-0.2, 0) is 24.3 Å². The summed E-state index contributed by atoms with van der Waals surface area (Å²) in [5.41, 5.74) is 1.89. The zero-order chi connectivity index (χ0) is 18.3. The molecule has 0 radical (unpaired) electrons. The number of fused-ring (bicyclic) bond motifs is 2. The topological polar surface area (TPSA) is 55.2 Å². The summed E-state index contributed by atoms with van der Waals surface area (Å²) in [6, 6.07) is 12.1. The lowest BCUT2D eigenvalue weighted by Gasteiger charge is -2.29. The summed E-state index contributed by atoms with van der Waals surface area (Å²) in [5, 5.41) is 0.487. The number of nitrogens with zero attached hydrogens (tertiary/aromatic N) is 3. The van der Waals surface area contributed by atoms with Crippen LogP contribution < -0.4 is 5.56 Å². The lowest BCUT2D eigenvalue weighted by atomic mass is 9.99. The van der Waals surface area contributed by atoms with E-state index in [-0.39, 0.29) is 30.4 Å². The molecular formula is C20H18FN3O2. The highest BCUT2D eigenvalue weighted by Gasteiger charge is 2.24. The van der Waals surface area contributed by atoms with Crippen molar-refractivity contribution < 1.29 is 9.18 Å². The molecular weight excluding hydrogens is 333 g/mol. The SMILES string of the molecule is Cc1nc2ccccc2c(=O)n1CC(=O)N1CCc2cccc(F)c2C1. The fraction of sp³-hybridized carbons (Fsp3) is 0.250. The predicted molar refractivity (Wildman–Crippen MR) is 96.3 cm³/mol. The molecule has 0 N–H and O–H groups in total. The van der Waals surface area contributed by atoms with Gasteiger partial charge in [0.05, 0.1) is 10.9 Å². The molecule has 2 aromatic carbocycles. The van der Waals surface area contributed by atoms with Gasteiger partial charge in [-0.25, -0.2) is 9.37 Å². The van der Waals surface area contributed by atoms with Gasteiger partial charge in [0.1, 0.15) is 18.2 Å². The minimum Gasteiger partial charge on any atom is -0.336 e. The fourth-order valence-electron chi connectivity index (χ4n) is 3.45. The van der Waals surface area contributed by atoms with E-state index in [1.165, 1.54) is 10.6 Å². The molecule has 0 bridgehead atoms. The molecule has 6 heteroatoms. The Kier molecular flexibility index (Phi) is 4.03. The van der Waals surface area contributed by atoms with Crippen molar-refractivity contribution in [2.75, 3.05) is 6.54 Å². The van der Waals surface area contributed by atoms with E-state index in [0.717, 1.165) is 5.56 Å². The average molecular weight is 351 g/mol. The molecule has 0 saturated carbocycles. The van der Waals surface area contributed by atoms with Gasteiger partial charge in [-0.2, -0.15) is 0 Å². The molecule has 2 heterocycles. The molecule has 1 amide bonds. The van der Waals surface area contributed by atoms with Gasteiger partial charge in [0.2, 0.25) is 5.91 Å². The van der Waals surface area contributed by atoms with Crippen molar-refractivity contribution >= 4 is 16.8 Å². The monoisotopic (exact) mass is 351 g/mol. The molecule has 1 aromatic heterocycles. The third kappa shape index (κ3) is 2.77. The second-order valence-corrected chi connectivity index (χ2v) is 6.51. The van der Waals surface area contributed by atoms with Crippen molar-refractivity contribution in [3.05, 3.63) is 75.6 Å².